The SMILES string of the molecule is CC1=CC(O)(CC(=O)O)C(C)=CC1=O. The minimum absolute atomic E-state index is 0.183. The summed E-state index contributed by atoms with van der Waals surface area (Å²) >= 11 is 0. The fourth-order valence-electron chi connectivity index (χ4n) is 1.40. The topological polar surface area (TPSA) is 74.6 Å². The molecule has 0 bridgehead atoms. The van der Waals surface area contributed by atoms with Gasteiger partial charge in [0, 0.05) is 0 Å². The van der Waals surface area contributed by atoms with Crippen molar-refractivity contribution in [1.82, 2.24) is 0 Å². The molecule has 0 aromatic heterocycles. The van der Waals surface area contributed by atoms with Crippen molar-refractivity contribution in [3.05, 3.63) is 23.3 Å². The van der Waals surface area contributed by atoms with Gasteiger partial charge >= 0.3 is 5.97 Å². The number of hydrogen-bond acceptors (Lipinski definition) is 3. The lowest BCUT2D eigenvalue weighted by Gasteiger charge is -2.27. The van der Waals surface area contributed by atoms with Gasteiger partial charge < -0.3 is 10.2 Å². The highest BCUT2D eigenvalue weighted by Gasteiger charge is 2.33. The highest BCUT2D eigenvalue weighted by atomic mass is 16.4. The number of carboxylic acid groups (broad SMARTS) is 1. The van der Waals surface area contributed by atoms with E-state index in [4.69, 9.17) is 5.11 Å². The molecule has 0 heterocycles. The van der Waals surface area contributed by atoms with Crippen LogP contribution in [0.3, 0.4) is 0 Å². The smallest absolute Gasteiger partial charge is 0.306 e. The molecule has 0 fully saturated rings. The van der Waals surface area contributed by atoms with E-state index in [2.05, 4.69) is 0 Å². The molecular weight excluding hydrogens is 184 g/mol. The van der Waals surface area contributed by atoms with Crippen molar-refractivity contribution in [3.63, 3.8) is 0 Å². The second kappa shape index (κ2) is 3.38. The van der Waals surface area contributed by atoms with Crippen molar-refractivity contribution in [2.75, 3.05) is 0 Å². The summed E-state index contributed by atoms with van der Waals surface area (Å²) in [4.78, 5) is 21.7. The number of carbonyl (C=O) groups is 2. The van der Waals surface area contributed by atoms with E-state index in [1.165, 1.54) is 12.2 Å². The van der Waals surface area contributed by atoms with E-state index >= 15 is 0 Å². The van der Waals surface area contributed by atoms with Crippen molar-refractivity contribution >= 4 is 11.8 Å². The summed E-state index contributed by atoms with van der Waals surface area (Å²) < 4.78 is 0. The zero-order valence-corrected chi connectivity index (χ0v) is 8.07. The molecule has 1 aliphatic rings. The Balaban J connectivity index is 3.05. The first kappa shape index (κ1) is 10.7. The van der Waals surface area contributed by atoms with Crippen LogP contribution in [-0.2, 0) is 9.59 Å². The summed E-state index contributed by atoms with van der Waals surface area (Å²) in [6.45, 7) is 3.10. The van der Waals surface area contributed by atoms with Crippen LogP contribution in [0.1, 0.15) is 20.3 Å². The Hall–Kier alpha value is -1.42. The van der Waals surface area contributed by atoms with E-state index in [-0.39, 0.29) is 5.78 Å². The second-order valence-corrected chi connectivity index (χ2v) is 3.51. The van der Waals surface area contributed by atoms with Gasteiger partial charge in [-0.05, 0) is 37.1 Å². The molecule has 1 atom stereocenters. The summed E-state index contributed by atoms with van der Waals surface area (Å²) in [6, 6.07) is 0. The van der Waals surface area contributed by atoms with Gasteiger partial charge in [0.25, 0.3) is 0 Å². The molecule has 1 aliphatic carbocycles. The third-order valence-corrected chi connectivity index (χ3v) is 2.30. The molecule has 14 heavy (non-hydrogen) atoms. The lowest BCUT2D eigenvalue weighted by molar-refractivity contribution is -0.140. The molecule has 0 amide bonds. The van der Waals surface area contributed by atoms with Crippen LogP contribution in [0.4, 0.5) is 0 Å². The molecule has 4 heteroatoms. The van der Waals surface area contributed by atoms with Crippen molar-refractivity contribution in [2.45, 2.75) is 25.9 Å². The third kappa shape index (κ3) is 1.90. The summed E-state index contributed by atoms with van der Waals surface area (Å²) in [5.41, 5.74) is -0.765. The number of carboxylic acids is 1. The zero-order valence-electron chi connectivity index (χ0n) is 8.07. The second-order valence-electron chi connectivity index (χ2n) is 3.51. The highest BCUT2D eigenvalue weighted by Crippen LogP contribution is 2.28. The Bertz CT molecular complexity index is 351. The molecule has 0 aliphatic heterocycles. The number of hydrogen-bond donors (Lipinski definition) is 2. The fraction of sp³-hybridized carbons (Fsp3) is 0.400. The van der Waals surface area contributed by atoms with Crippen LogP contribution in [0, 0.1) is 0 Å². The molecule has 0 radical (unpaired) electrons. The van der Waals surface area contributed by atoms with Gasteiger partial charge in [-0.1, -0.05) is 0 Å². The van der Waals surface area contributed by atoms with E-state index in [0.717, 1.165) is 0 Å². The lowest BCUT2D eigenvalue weighted by atomic mass is 9.83. The van der Waals surface area contributed by atoms with Gasteiger partial charge in [0.1, 0.15) is 5.60 Å². The number of aliphatic hydroxyl groups is 1. The molecule has 0 aromatic carbocycles. The minimum atomic E-state index is -1.51. The molecule has 4 nitrogen and oxygen atoms in total. The van der Waals surface area contributed by atoms with Crippen LogP contribution in [0.25, 0.3) is 0 Å². The minimum Gasteiger partial charge on any atom is -0.481 e. The maximum absolute atomic E-state index is 11.2. The number of allylic oxidation sites excluding steroid dienone is 2. The Morgan fingerprint density at radius 3 is 2.57 bits per heavy atom. The lowest BCUT2D eigenvalue weighted by Crippen LogP contribution is -2.34. The van der Waals surface area contributed by atoms with E-state index in [9.17, 15) is 14.7 Å². The summed E-state index contributed by atoms with van der Waals surface area (Å²) in [5.74, 6) is -1.28. The van der Waals surface area contributed by atoms with Gasteiger partial charge in [0.15, 0.2) is 5.78 Å². The van der Waals surface area contributed by atoms with Crippen LogP contribution in [0.2, 0.25) is 0 Å². The Morgan fingerprint density at radius 1 is 1.50 bits per heavy atom. The van der Waals surface area contributed by atoms with Gasteiger partial charge in [-0.3, -0.25) is 9.59 Å². The predicted octanol–water partition coefficient (Wildman–Crippen LogP) is 0.667. The maximum Gasteiger partial charge on any atom is 0.306 e. The van der Waals surface area contributed by atoms with Gasteiger partial charge in [0.05, 0.1) is 6.42 Å². The predicted molar refractivity (Wildman–Crippen MR) is 49.7 cm³/mol. The van der Waals surface area contributed by atoms with Crippen LogP contribution in [-0.4, -0.2) is 27.6 Å². The first-order chi connectivity index (χ1) is 6.35. The third-order valence-electron chi connectivity index (χ3n) is 2.30. The van der Waals surface area contributed by atoms with Crippen molar-refractivity contribution in [1.29, 1.82) is 0 Å². The zero-order chi connectivity index (χ0) is 10.9. The number of aliphatic carboxylic acids is 1. The normalized spacial score (nSPS) is 26.9. The van der Waals surface area contributed by atoms with E-state index in [1.807, 2.05) is 0 Å². The van der Waals surface area contributed by atoms with E-state index in [0.29, 0.717) is 11.1 Å². The van der Waals surface area contributed by atoms with Crippen molar-refractivity contribution in [2.24, 2.45) is 0 Å². The Morgan fingerprint density at radius 2 is 2.07 bits per heavy atom. The number of ketones is 1. The van der Waals surface area contributed by atoms with Crippen LogP contribution >= 0.6 is 0 Å². The maximum atomic E-state index is 11.2. The number of rotatable bonds is 2. The Labute approximate surface area is 81.6 Å². The monoisotopic (exact) mass is 196 g/mol. The molecule has 0 saturated heterocycles. The van der Waals surface area contributed by atoms with Gasteiger partial charge in [0.2, 0.25) is 0 Å². The average Bonchev–Trinajstić information content (AvgIpc) is 1.99. The molecular formula is C10H12O4. The quantitative estimate of drug-likeness (QED) is 0.680. The summed E-state index contributed by atoms with van der Waals surface area (Å²) in [5, 5.41) is 18.5. The standard InChI is InChI=1S/C10H12O4/c1-6-4-10(14,5-9(12)13)7(2)3-8(6)11/h3-4,14H,5H2,1-2H3,(H,12,13). The highest BCUT2D eigenvalue weighted by molar-refractivity contribution is 6.05. The average molecular weight is 196 g/mol. The summed E-state index contributed by atoms with van der Waals surface area (Å²) in [6.07, 6.45) is 2.16. The molecule has 0 spiro atoms. The van der Waals surface area contributed by atoms with Gasteiger partial charge in [-0.25, -0.2) is 0 Å². The number of carbonyl (C=O) groups excluding carboxylic acids is 1. The molecule has 0 saturated carbocycles. The first-order valence-electron chi connectivity index (χ1n) is 4.22. The van der Waals surface area contributed by atoms with Crippen molar-refractivity contribution < 1.29 is 19.8 Å². The Kier molecular flexibility index (Phi) is 2.57. The van der Waals surface area contributed by atoms with Gasteiger partial charge in [-0.15, -0.1) is 0 Å². The molecule has 2 N–H and O–H groups in total. The molecule has 76 valence electrons. The molecule has 0 aromatic rings. The van der Waals surface area contributed by atoms with Gasteiger partial charge in [-0.2, -0.15) is 0 Å². The van der Waals surface area contributed by atoms with E-state index < -0.39 is 18.0 Å². The molecule has 1 rings (SSSR count). The summed E-state index contributed by atoms with van der Waals surface area (Å²) in [7, 11) is 0. The van der Waals surface area contributed by atoms with Crippen LogP contribution in [0.5, 0.6) is 0 Å². The van der Waals surface area contributed by atoms with Crippen LogP contribution in [0.15, 0.2) is 23.3 Å². The van der Waals surface area contributed by atoms with E-state index in [1.54, 1.807) is 13.8 Å². The largest absolute Gasteiger partial charge is 0.481 e. The fourth-order valence-corrected chi connectivity index (χ4v) is 1.40. The van der Waals surface area contributed by atoms with Crippen LogP contribution < -0.4 is 0 Å². The van der Waals surface area contributed by atoms with Crippen molar-refractivity contribution in [3.8, 4) is 0 Å². The molecule has 1 unspecified atom stereocenters. The first-order valence-corrected chi connectivity index (χ1v) is 4.22.